The van der Waals surface area contributed by atoms with E-state index in [9.17, 15) is 4.79 Å². The topological polar surface area (TPSA) is 17.1 Å². The highest BCUT2D eigenvalue weighted by atomic mass is 32.1. The first-order valence-electron chi connectivity index (χ1n) is 5.28. The standard InChI is InChI=1S/C11H18OSSi/c1-4-14(5-2,6-3)11-8-7-10(9-12)13-11/h7-9H,4-6H2,1-3H3. The van der Waals surface area contributed by atoms with Gasteiger partial charge in [-0.05, 0) is 10.6 Å². The molecule has 0 radical (unpaired) electrons. The van der Waals surface area contributed by atoms with Crippen LogP contribution < -0.4 is 4.50 Å². The summed E-state index contributed by atoms with van der Waals surface area (Å²) in [5.74, 6) is 0. The van der Waals surface area contributed by atoms with Crippen molar-refractivity contribution in [3.05, 3.63) is 17.0 Å². The number of carbonyl (C=O) groups excluding carboxylic acids is 1. The molecule has 1 rings (SSSR count). The van der Waals surface area contributed by atoms with Crippen LogP contribution in [0.15, 0.2) is 12.1 Å². The van der Waals surface area contributed by atoms with E-state index in [2.05, 4.69) is 26.8 Å². The second-order valence-electron chi connectivity index (χ2n) is 3.66. The Kier molecular flexibility index (Phi) is 4.07. The monoisotopic (exact) mass is 226 g/mol. The smallest absolute Gasteiger partial charge is 0.159 e. The van der Waals surface area contributed by atoms with E-state index >= 15 is 0 Å². The van der Waals surface area contributed by atoms with E-state index in [4.69, 9.17) is 0 Å². The normalized spacial score (nSPS) is 11.6. The molecule has 0 unspecified atom stereocenters. The van der Waals surface area contributed by atoms with E-state index in [0.717, 1.165) is 11.2 Å². The number of hydrogen-bond donors (Lipinski definition) is 0. The predicted molar refractivity (Wildman–Crippen MR) is 66.5 cm³/mol. The maximum absolute atomic E-state index is 10.6. The van der Waals surface area contributed by atoms with E-state index in [-0.39, 0.29) is 0 Å². The van der Waals surface area contributed by atoms with E-state index in [1.165, 1.54) is 22.6 Å². The zero-order valence-electron chi connectivity index (χ0n) is 9.17. The van der Waals surface area contributed by atoms with Gasteiger partial charge in [-0.1, -0.05) is 45.0 Å². The van der Waals surface area contributed by atoms with Crippen molar-refractivity contribution < 1.29 is 4.79 Å². The first kappa shape index (κ1) is 11.7. The van der Waals surface area contributed by atoms with Crippen LogP contribution in [0.5, 0.6) is 0 Å². The summed E-state index contributed by atoms with van der Waals surface area (Å²) >= 11 is 1.71. The summed E-state index contributed by atoms with van der Waals surface area (Å²) in [5, 5.41) is 0. The summed E-state index contributed by atoms with van der Waals surface area (Å²) in [6.45, 7) is 6.87. The minimum atomic E-state index is -1.23. The molecule has 0 saturated heterocycles. The Labute approximate surface area is 91.2 Å². The fourth-order valence-electron chi connectivity index (χ4n) is 1.97. The van der Waals surface area contributed by atoms with Crippen LogP contribution in [0.2, 0.25) is 18.1 Å². The van der Waals surface area contributed by atoms with Crippen molar-refractivity contribution >= 4 is 30.2 Å². The van der Waals surface area contributed by atoms with Gasteiger partial charge in [-0.2, -0.15) is 0 Å². The van der Waals surface area contributed by atoms with Gasteiger partial charge in [-0.15, -0.1) is 11.3 Å². The molecule has 0 atom stereocenters. The zero-order valence-corrected chi connectivity index (χ0v) is 11.0. The van der Waals surface area contributed by atoms with Crippen molar-refractivity contribution in [2.45, 2.75) is 38.9 Å². The highest BCUT2D eigenvalue weighted by molar-refractivity contribution is 7.28. The third-order valence-electron chi connectivity index (χ3n) is 3.30. The van der Waals surface area contributed by atoms with Crippen molar-refractivity contribution in [1.29, 1.82) is 0 Å². The second kappa shape index (κ2) is 4.89. The molecule has 1 aromatic rings. The van der Waals surface area contributed by atoms with Crippen LogP contribution in [0.4, 0.5) is 0 Å². The van der Waals surface area contributed by atoms with Gasteiger partial charge in [0, 0.05) is 0 Å². The van der Waals surface area contributed by atoms with Crippen LogP contribution in [0, 0.1) is 0 Å². The number of aldehydes is 1. The molecule has 0 N–H and O–H groups in total. The van der Waals surface area contributed by atoms with Crippen molar-refractivity contribution in [3.63, 3.8) is 0 Å². The van der Waals surface area contributed by atoms with Gasteiger partial charge in [0.2, 0.25) is 0 Å². The van der Waals surface area contributed by atoms with Gasteiger partial charge in [0.15, 0.2) is 6.29 Å². The molecule has 14 heavy (non-hydrogen) atoms. The first-order chi connectivity index (χ1) is 6.72. The fourth-order valence-corrected chi connectivity index (χ4v) is 8.05. The Balaban J connectivity index is 3.04. The van der Waals surface area contributed by atoms with Gasteiger partial charge in [-0.25, -0.2) is 0 Å². The van der Waals surface area contributed by atoms with Gasteiger partial charge in [0.05, 0.1) is 13.0 Å². The average Bonchev–Trinajstić information content (AvgIpc) is 2.71. The van der Waals surface area contributed by atoms with Crippen molar-refractivity contribution in [2.75, 3.05) is 0 Å². The summed E-state index contributed by atoms with van der Waals surface area (Å²) in [7, 11) is -1.23. The van der Waals surface area contributed by atoms with Crippen LogP contribution in [-0.4, -0.2) is 14.4 Å². The molecule has 1 heterocycles. The van der Waals surface area contributed by atoms with E-state index in [1.54, 1.807) is 11.3 Å². The number of rotatable bonds is 5. The molecule has 0 aliphatic heterocycles. The van der Waals surface area contributed by atoms with Crippen molar-refractivity contribution in [3.8, 4) is 0 Å². The molecule has 0 fully saturated rings. The molecule has 0 aromatic carbocycles. The van der Waals surface area contributed by atoms with Crippen LogP contribution in [0.1, 0.15) is 30.4 Å². The molecule has 78 valence electrons. The van der Waals surface area contributed by atoms with Gasteiger partial charge >= 0.3 is 0 Å². The first-order valence-corrected chi connectivity index (χ1v) is 8.71. The summed E-state index contributed by atoms with van der Waals surface area (Å²) in [4.78, 5) is 11.5. The van der Waals surface area contributed by atoms with Gasteiger partial charge in [-0.3, -0.25) is 4.79 Å². The molecule has 0 bridgehead atoms. The maximum Gasteiger partial charge on any atom is 0.159 e. The molecular weight excluding hydrogens is 208 g/mol. The number of thiophene rings is 1. The lowest BCUT2D eigenvalue weighted by Gasteiger charge is -2.26. The Morgan fingerprint density at radius 2 is 1.79 bits per heavy atom. The number of carbonyl (C=O) groups is 1. The highest BCUT2D eigenvalue weighted by Crippen LogP contribution is 2.23. The molecular formula is C11H18OSSi. The lowest BCUT2D eigenvalue weighted by Crippen LogP contribution is -2.43. The van der Waals surface area contributed by atoms with Crippen molar-refractivity contribution in [2.24, 2.45) is 0 Å². The SMILES string of the molecule is CC[Si](CC)(CC)c1ccc(C=O)s1. The minimum Gasteiger partial charge on any atom is -0.297 e. The lowest BCUT2D eigenvalue weighted by molar-refractivity contribution is 0.112. The molecule has 0 spiro atoms. The summed E-state index contributed by atoms with van der Waals surface area (Å²) in [5.41, 5.74) is 0. The Bertz CT molecular complexity index is 294. The average molecular weight is 226 g/mol. The van der Waals surface area contributed by atoms with Gasteiger partial charge in [0.25, 0.3) is 0 Å². The molecule has 3 heteroatoms. The Hall–Kier alpha value is -0.413. The summed E-state index contributed by atoms with van der Waals surface area (Å²) in [6, 6.07) is 8.02. The van der Waals surface area contributed by atoms with E-state index in [0.29, 0.717) is 0 Å². The molecule has 0 saturated carbocycles. The van der Waals surface area contributed by atoms with E-state index in [1.807, 2.05) is 6.07 Å². The Morgan fingerprint density at radius 3 is 2.14 bits per heavy atom. The fraction of sp³-hybridized carbons (Fsp3) is 0.545. The maximum atomic E-state index is 10.6. The van der Waals surface area contributed by atoms with Crippen molar-refractivity contribution in [1.82, 2.24) is 0 Å². The summed E-state index contributed by atoms with van der Waals surface area (Å²) in [6.07, 6.45) is 0.967. The second-order valence-corrected chi connectivity index (χ2v) is 10.4. The molecule has 0 aliphatic carbocycles. The molecule has 0 amide bonds. The summed E-state index contributed by atoms with van der Waals surface area (Å²) < 4.78 is 1.51. The lowest BCUT2D eigenvalue weighted by atomic mass is 10.5. The van der Waals surface area contributed by atoms with E-state index < -0.39 is 8.07 Å². The van der Waals surface area contributed by atoms with Gasteiger partial charge in [0.1, 0.15) is 0 Å². The van der Waals surface area contributed by atoms with Gasteiger partial charge < -0.3 is 0 Å². The van der Waals surface area contributed by atoms with Crippen LogP contribution in [-0.2, 0) is 0 Å². The molecule has 1 aromatic heterocycles. The molecule has 0 aliphatic rings. The Morgan fingerprint density at radius 1 is 1.21 bits per heavy atom. The van der Waals surface area contributed by atoms with Crippen LogP contribution in [0.25, 0.3) is 0 Å². The number of hydrogen-bond acceptors (Lipinski definition) is 2. The molecule has 1 nitrogen and oxygen atoms in total. The van der Waals surface area contributed by atoms with Crippen LogP contribution in [0.3, 0.4) is 0 Å². The predicted octanol–water partition coefficient (Wildman–Crippen LogP) is 3.28. The largest absolute Gasteiger partial charge is 0.297 e. The third-order valence-corrected chi connectivity index (χ3v) is 11.0. The quantitative estimate of drug-likeness (QED) is 0.556. The highest BCUT2D eigenvalue weighted by Gasteiger charge is 2.30. The third kappa shape index (κ3) is 1.98. The minimum absolute atomic E-state index is 0.882. The zero-order chi connectivity index (χ0) is 10.6. The van der Waals surface area contributed by atoms with Crippen LogP contribution >= 0.6 is 11.3 Å².